The maximum absolute atomic E-state index is 12.7. The van der Waals surface area contributed by atoms with Crippen molar-refractivity contribution in [2.45, 2.75) is 11.3 Å². The minimum atomic E-state index is -4.88. The third-order valence-corrected chi connectivity index (χ3v) is 5.23. The highest BCUT2D eigenvalue weighted by molar-refractivity contribution is 7.89. The minimum Gasteiger partial charge on any atom is -0.404 e. The maximum Gasteiger partial charge on any atom is 0.573 e. The van der Waals surface area contributed by atoms with E-state index in [0.717, 1.165) is 6.07 Å². The second-order valence-electron chi connectivity index (χ2n) is 5.71. The van der Waals surface area contributed by atoms with Crippen LogP contribution in [0.25, 0.3) is 11.4 Å². The molecule has 0 aliphatic rings. The van der Waals surface area contributed by atoms with E-state index in [2.05, 4.69) is 30.3 Å². The molecule has 154 valence electrons. The first-order chi connectivity index (χ1) is 13.6. The number of ether oxygens (including phenoxy) is 1. The molecule has 13 heteroatoms. The van der Waals surface area contributed by atoms with Gasteiger partial charge in [0, 0.05) is 18.3 Å². The first-order valence-corrected chi connectivity index (χ1v) is 9.51. The summed E-state index contributed by atoms with van der Waals surface area (Å²) >= 11 is 0. The predicted molar refractivity (Wildman–Crippen MR) is 96.9 cm³/mol. The van der Waals surface area contributed by atoms with Gasteiger partial charge in [0.15, 0.2) is 11.6 Å². The van der Waals surface area contributed by atoms with Crippen molar-refractivity contribution in [2.24, 2.45) is 7.05 Å². The normalized spacial score (nSPS) is 12.0. The zero-order chi connectivity index (χ0) is 21.2. The van der Waals surface area contributed by atoms with Gasteiger partial charge < -0.3 is 10.1 Å². The summed E-state index contributed by atoms with van der Waals surface area (Å²) in [5.74, 6) is -0.246. The van der Waals surface area contributed by atoms with E-state index in [4.69, 9.17) is 0 Å². The van der Waals surface area contributed by atoms with Gasteiger partial charge in [0.2, 0.25) is 10.0 Å². The minimum absolute atomic E-state index is 0.0189. The molecule has 2 N–H and O–H groups in total. The first-order valence-electron chi connectivity index (χ1n) is 8.03. The second kappa shape index (κ2) is 7.67. The van der Waals surface area contributed by atoms with Gasteiger partial charge in [-0.2, -0.15) is 0 Å². The van der Waals surface area contributed by atoms with Gasteiger partial charge in [0.05, 0.1) is 10.6 Å². The molecule has 0 atom stereocenters. The highest BCUT2D eigenvalue weighted by Gasteiger charge is 2.32. The average molecular weight is 428 g/mol. The van der Waals surface area contributed by atoms with Crippen LogP contribution in [0.4, 0.5) is 24.5 Å². The van der Waals surface area contributed by atoms with Crippen molar-refractivity contribution >= 4 is 21.4 Å². The molecular formula is C16H15F3N6O3S. The predicted octanol–water partition coefficient (Wildman–Crippen LogP) is 2.43. The van der Waals surface area contributed by atoms with Gasteiger partial charge in [-0.15, -0.1) is 18.3 Å². The Bertz CT molecular complexity index is 1130. The molecular weight excluding hydrogens is 413 g/mol. The van der Waals surface area contributed by atoms with Crippen LogP contribution in [0.1, 0.15) is 0 Å². The molecule has 29 heavy (non-hydrogen) atoms. The highest BCUT2D eigenvalue weighted by Crippen LogP contribution is 2.36. The Morgan fingerprint density at radius 3 is 2.45 bits per heavy atom. The van der Waals surface area contributed by atoms with Gasteiger partial charge >= 0.3 is 6.36 Å². The maximum atomic E-state index is 12.7. The standard InChI is InChI=1S/C16H15F3N6O3S/c1-20-29(26,27)10-7-8-12(11(9-10)15-22-23-24-25(15)2)21-13-5-3-4-6-14(13)28-16(17,18)19/h3-9,20-21H,1-2H3. The zero-order valence-corrected chi connectivity index (χ0v) is 15.9. The third kappa shape index (κ3) is 4.63. The van der Waals surface area contributed by atoms with Gasteiger partial charge in [0.1, 0.15) is 0 Å². The Labute approximate surface area is 163 Å². The molecule has 9 nitrogen and oxygen atoms in total. The fraction of sp³-hybridized carbons (Fsp3) is 0.188. The summed E-state index contributed by atoms with van der Waals surface area (Å²) in [6, 6.07) is 9.47. The number of benzene rings is 2. The second-order valence-corrected chi connectivity index (χ2v) is 7.60. The van der Waals surface area contributed by atoms with Crippen LogP contribution in [-0.4, -0.2) is 42.0 Å². The van der Waals surface area contributed by atoms with Crippen LogP contribution in [-0.2, 0) is 17.1 Å². The van der Waals surface area contributed by atoms with Gasteiger partial charge in [-0.1, -0.05) is 12.1 Å². The Hall–Kier alpha value is -3.19. The number of aromatic nitrogens is 4. The van der Waals surface area contributed by atoms with E-state index in [-0.39, 0.29) is 27.7 Å². The number of nitrogens with one attached hydrogen (secondary N) is 2. The molecule has 0 bridgehead atoms. The average Bonchev–Trinajstić information content (AvgIpc) is 3.08. The van der Waals surface area contributed by atoms with Crippen LogP contribution in [0, 0.1) is 0 Å². The first kappa shape index (κ1) is 20.5. The smallest absolute Gasteiger partial charge is 0.404 e. The van der Waals surface area contributed by atoms with Crippen molar-refractivity contribution in [3.05, 3.63) is 42.5 Å². The van der Waals surface area contributed by atoms with E-state index < -0.39 is 22.1 Å². The Morgan fingerprint density at radius 1 is 1.10 bits per heavy atom. The van der Waals surface area contributed by atoms with Crippen molar-refractivity contribution in [1.29, 1.82) is 0 Å². The molecule has 0 amide bonds. The summed E-state index contributed by atoms with van der Waals surface area (Å²) in [4.78, 5) is -0.0663. The monoisotopic (exact) mass is 428 g/mol. The molecule has 0 saturated carbocycles. The number of anilines is 2. The number of halogens is 3. The van der Waals surface area contributed by atoms with Crippen molar-refractivity contribution in [3.63, 3.8) is 0 Å². The van der Waals surface area contributed by atoms with E-state index in [1.165, 1.54) is 48.1 Å². The molecule has 0 saturated heterocycles. The number of hydrogen-bond donors (Lipinski definition) is 2. The van der Waals surface area contributed by atoms with E-state index in [1.54, 1.807) is 7.05 Å². The number of sulfonamides is 1. The molecule has 1 heterocycles. The number of nitrogens with zero attached hydrogens (tertiary/aromatic N) is 4. The van der Waals surface area contributed by atoms with Gasteiger partial charge in [0.25, 0.3) is 0 Å². The molecule has 0 unspecified atom stereocenters. The quantitative estimate of drug-likeness (QED) is 0.620. The summed E-state index contributed by atoms with van der Waals surface area (Å²) in [5, 5.41) is 13.9. The van der Waals surface area contributed by atoms with Gasteiger partial charge in [-0.3, -0.25) is 0 Å². The summed E-state index contributed by atoms with van der Waals surface area (Å²) in [6.45, 7) is 0. The van der Waals surface area contributed by atoms with Crippen LogP contribution in [0.5, 0.6) is 5.75 Å². The lowest BCUT2D eigenvalue weighted by atomic mass is 10.1. The topological polar surface area (TPSA) is 111 Å². The number of hydrogen-bond acceptors (Lipinski definition) is 7. The number of alkyl halides is 3. The number of aryl methyl sites for hydroxylation is 1. The fourth-order valence-corrected chi connectivity index (χ4v) is 3.24. The summed E-state index contributed by atoms with van der Waals surface area (Å²) in [5.41, 5.74) is 0.553. The number of para-hydroxylation sites is 2. The van der Waals surface area contributed by atoms with Crippen molar-refractivity contribution in [2.75, 3.05) is 12.4 Å². The molecule has 0 radical (unpaired) electrons. The third-order valence-electron chi connectivity index (χ3n) is 3.81. The number of rotatable bonds is 6. The lowest BCUT2D eigenvalue weighted by Gasteiger charge is -2.17. The lowest BCUT2D eigenvalue weighted by molar-refractivity contribution is -0.274. The molecule has 1 aromatic heterocycles. The van der Waals surface area contributed by atoms with Crippen LogP contribution >= 0.6 is 0 Å². The summed E-state index contributed by atoms with van der Waals surface area (Å²) < 4.78 is 69.9. The summed E-state index contributed by atoms with van der Waals surface area (Å²) in [6.07, 6.45) is -4.88. The van der Waals surface area contributed by atoms with E-state index in [1.807, 2.05) is 0 Å². The molecule has 0 spiro atoms. The summed E-state index contributed by atoms with van der Waals surface area (Å²) in [7, 11) is -0.975. The van der Waals surface area contributed by atoms with Crippen LogP contribution in [0.2, 0.25) is 0 Å². The van der Waals surface area contributed by atoms with Crippen molar-refractivity contribution in [1.82, 2.24) is 24.9 Å². The molecule has 0 aliphatic carbocycles. The van der Waals surface area contributed by atoms with E-state index in [0.29, 0.717) is 0 Å². The van der Waals surface area contributed by atoms with Crippen LogP contribution in [0.15, 0.2) is 47.4 Å². The molecule has 0 fully saturated rings. The molecule has 3 rings (SSSR count). The van der Waals surface area contributed by atoms with Crippen molar-refractivity contribution in [3.8, 4) is 17.1 Å². The Balaban J connectivity index is 2.10. The van der Waals surface area contributed by atoms with Crippen LogP contribution in [0.3, 0.4) is 0 Å². The van der Waals surface area contributed by atoms with Gasteiger partial charge in [-0.25, -0.2) is 17.8 Å². The molecule has 2 aromatic carbocycles. The Kier molecular flexibility index (Phi) is 5.44. The van der Waals surface area contributed by atoms with Crippen molar-refractivity contribution < 1.29 is 26.3 Å². The lowest BCUT2D eigenvalue weighted by Crippen LogP contribution is -2.19. The van der Waals surface area contributed by atoms with Gasteiger partial charge in [-0.05, 0) is 47.8 Å². The fourth-order valence-electron chi connectivity index (χ4n) is 2.49. The molecule has 3 aromatic rings. The SMILES string of the molecule is CNS(=O)(=O)c1ccc(Nc2ccccc2OC(F)(F)F)c(-c2nnnn2C)c1. The Morgan fingerprint density at radius 2 is 1.83 bits per heavy atom. The zero-order valence-electron chi connectivity index (χ0n) is 15.1. The van der Waals surface area contributed by atoms with Crippen LogP contribution < -0.4 is 14.8 Å². The molecule has 0 aliphatic heterocycles. The van der Waals surface area contributed by atoms with E-state index >= 15 is 0 Å². The number of tetrazole rings is 1. The van der Waals surface area contributed by atoms with E-state index in [9.17, 15) is 21.6 Å². The highest BCUT2D eigenvalue weighted by atomic mass is 32.2. The largest absolute Gasteiger partial charge is 0.573 e.